The lowest BCUT2D eigenvalue weighted by Gasteiger charge is -2.27. The van der Waals surface area contributed by atoms with Crippen molar-refractivity contribution < 1.29 is 8.42 Å². The Kier molecular flexibility index (Phi) is 6.77. The SMILES string of the molecule is O=S(=O)(/N=c1\scc(-c2ccccc2)n1-c1ccccc1)c1ccc(N2N=C3c4ccccc4CC3C2c2ccccn2)cc1. The number of rotatable bonds is 6. The van der Waals surface area contributed by atoms with E-state index in [2.05, 4.69) is 22.6 Å². The molecule has 0 spiro atoms. The summed E-state index contributed by atoms with van der Waals surface area (Å²) in [6.07, 6.45) is 2.69. The minimum absolute atomic E-state index is 0.104. The van der Waals surface area contributed by atoms with Gasteiger partial charge in [-0.1, -0.05) is 78.9 Å². The Morgan fingerprint density at radius 2 is 1.47 bits per heavy atom. The van der Waals surface area contributed by atoms with E-state index in [1.54, 1.807) is 18.3 Å². The molecule has 7 nitrogen and oxygen atoms in total. The third kappa shape index (κ3) is 4.90. The quantitative estimate of drug-likeness (QED) is 0.199. The van der Waals surface area contributed by atoms with E-state index in [4.69, 9.17) is 10.1 Å². The van der Waals surface area contributed by atoms with Crippen molar-refractivity contribution in [1.29, 1.82) is 0 Å². The van der Waals surface area contributed by atoms with Crippen LogP contribution in [0.1, 0.15) is 22.9 Å². The van der Waals surface area contributed by atoms with Crippen LogP contribution in [0.15, 0.2) is 153 Å². The first-order chi connectivity index (χ1) is 22.1. The number of pyridine rings is 1. The van der Waals surface area contributed by atoms with Crippen molar-refractivity contribution in [3.05, 3.63) is 161 Å². The van der Waals surface area contributed by atoms with Crippen LogP contribution in [0.4, 0.5) is 5.69 Å². The normalized spacial score (nSPS) is 17.6. The molecule has 0 N–H and O–H groups in total. The lowest BCUT2D eigenvalue weighted by molar-refractivity contribution is 0.543. The first-order valence-electron chi connectivity index (χ1n) is 14.7. The standard InChI is InChI=1S/C36H27N5O2S2/c42-45(43,39-36-40(27-14-5-2-6-15-27)33(24-44-36)25-11-3-1-4-12-25)29-20-18-28(19-21-29)41-35(32-17-9-10-22-37-32)31-23-26-13-7-8-16-30(26)34(31)38-41/h1-22,24,31,35H,23H2/b39-36-. The van der Waals surface area contributed by atoms with E-state index in [-0.39, 0.29) is 16.9 Å². The zero-order chi connectivity index (χ0) is 30.4. The molecule has 0 radical (unpaired) electrons. The summed E-state index contributed by atoms with van der Waals surface area (Å²) in [7, 11) is -4.03. The molecule has 0 saturated heterocycles. The number of nitrogens with zero attached hydrogens (tertiary/aromatic N) is 5. The van der Waals surface area contributed by atoms with Gasteiger partial charge in [0, 0.05) is 28.7 Å². The maximum Gasteiger partial charge on any atom is 0.285 e. The zero-order valence-electron chi connectivity index (χ0n) is 24.0. The van der Waals surface area contributed by atoms with E-state index >= 15 is 0 Å². The first-order valence-corrected chi connectivity index (χ1v) is 17.0. The van der Waals surface area contributed by atoms with Gasteiger partial charge < -0.3 is 0 Å². The monoisotopic (exact) mass is 625 g/mol. The molecule has 2 atom stereocenters. The Bertz CT molecular complexity index is 2210. The molecule has 0 saturated carbocycles. The van der Waals surface area contributed by atoms with Crippen molar-refractivity contribution in [2.45, 2.75) is 17.4 Å². The Hall–Kier alpha value is -5.12. The molecule has 0 amide bonds. The van der Waals surface area contributed by atoms with E-state index in [1.807, 2.05) is 112 Å². The molecule has 220 valence electrons. The molecule has 1 aliphatic heterocycles. The number of aromatic nitrogens is 2. The zero-order valence-corrected chi connectivity index (χ0v) is 25.6. The summed E-state index contributed by atoms with van der Waals surface area (Å²) in [4.78, 5) is 5.18. The number of para-hydroxylation sites is 1. The Labute approximate surface area is 265 Å². The number of sulfonamides is 1. The van der Waals surface area contributed by atoms with Gasteiger partial charge >= 0.3 is 0 Å². The highest BCUT2D eigenvalue weighted by atomic mass is 32.2. The fourth-order valence-corrected chi connectivity index (χ4v) is 8.37. The molecular weight excluding hydrogens is 599 g/mol. The summed E-state index contributed by atoms with van der Waals surface area (Å²) < 4.78 is 33.7. The van der Waals surface area contributed by atoms with E-state index in [9.17, 15) is 8.42 Å². The van der Waals surface area contributed by atoms with Crippen LogP contribution in [0.2, 0.25) is 0 Å². The van der Waals surface area contributed by atoms with Gasteiger partial charge in [0.05, 0.1) is 27.7 Å². The molecule has 4 aromatic carbocycles. The predicted octanol–water partition coefficient (Wildman–Crippen LogP) is 7.03. The smallest absolute Gasteiger partial charge is 0.284 e. The number of thiazole rings is 1. The third-order valence-electron chi connectivity index (χ3n) is 8.32. The number of anilines is 1. The minimum Gasteiger partial charge on any atom is -0.284 e. The third-order valence-corrected chi connectivity index (χ3v) is 10.5. The van der Waals surface area contributed by atoms with Crippen molar-refractivity contribution in [3.8, 4) is 16.9 Å². The Morgan fingerprint density at radius 3 is 2.22 bits per heavy atom. The predicted molar refractivity (Wildman–Crippen MR) is 178 cm³/mol. The summed E-state index contributed by atoms with van der Waals surface area (Å²) >= 11 is 1.30. The Morgan fingerprint density at radius 1 is 0.756 bits per heavy atom. The molecule has 2 unspecified atom stereocenters. The number of hydrazone groups is 1. The summed E-state index contributed by atoms with van der Waals surface area (Å²) in [5.74, 6) is 0.154. The lowest BCUT2D eigenvalue weighted by atomic mass is 9.93. The molecule has 1 aliphatic carbocycles. The summed E-state index contributed by atoms with van der Waals surface area (Å²) in [6.45, 7) is 0. The van der Waals surface area contributed by atoms with Crippen LogP contribution < -0.4 is 9.81 Å². The van der Waals surface area contributed by atoms with Crippen molar-refractivity contribution in [2.75, 3.05) is 5.01 Å². The minimum atomic E-state index is -4.03. The average molecular weight is 626 g/mol. The summed E-state index contributed by atoms with van der Waals surface area (Å²) in [5.41, 5.74) is 7.92. The molecule has 0 fully saturated rings. The van der Waals surface area contributed by atoms with Crippen LogP contribution in [0.5, 0.6) is 0 Å². The van der Waals surface area contributed by atoms with Gasteiger partial charge in [-0.25, -0.2) is 0 Å². The van der Waals surface area contributed by atoms with E-state index in [1.165, 1.54) is 22.5 Å². The highest BCUT2D eigenvalue weighted by Crippen LogP contribution is 2.45. The second kappa shape index (κ2) is 11.1. The van der Waals surface area contributed by atoms with Crippen molar-refractivity contribution in [2.24, 2.45) is 15.4 Å². The highest BCUT2D eigenvalue weighted by molar-refractivity contribution is 7.90. The number of fused-ring (bicyclic) bond motifs is 3. The van der Waals surface area contributed by atoms with Gasteiger partial charge in [0.1, 0.15) is 6.04 Å². The van der Waals surface area contributed by atoms with Crippen molar-refractivity contribution in [1.82, 2.24) is 9.55 Å². The van der Waals surface area contributed by atoms with Crippen LogP contribution in [0.3, 0.4) is 0 Å². The second-order valence-electron chi connectivity index (χ2n) is 11.0. The molecule has 8 rings (SSSR count). The molecule has 2 aliphatic rings. The van der Waals surface area contributed by atoms with Gasteiger partial charge in [-0.05, 0) is 66.1 Å². The van der Waals surface area contributed by atoms with Crippen LogP contribution in [0.25, 0.3) is 16.9 Å². The topological polar surface area (TPSA) is 79.9 Å². The average Bonchev–Trinajstić information content (AvgIpc) is 3.78. The van der Waals surface area contributed by atoms with Gasteiger partial charge in [-0.15, -0.1) is 15.7 Å². The first kappa shape index (κ1) is 27.4. The maximum atomic E-state index is 13.7. The van der Waals surface area contributed by atoms with Crippen LogP contribution in [-0.4, -0.2) is 23.7 Å². The fourth-order valence-electron chi connectivity index (χ4n) is 6.26. The number of benzene rings is 4. The van der Waals surface area contributed by atoms with Gasteiger partial charge in [0.2, 0.25) is 4.80 Å². The number of hydrogen-bond acceptors (Lipinski definition) is 6. The Balaban J connectivity index is 1.17. The van der Waals surface area contributed by atoms with Crippen LogP contribution in [-0.2, 0) is 16.4 Å². The molecule has 2 aromatic heterocycles. The fraction of sp³-hybridized carbons (Fsp3) is 0.0833. The van der Waals surface area contributed by atoms with Gasteiger partial charge in [0.25, 0.3) is 10.0 Å². The molecular formula is C36H27N5O2S2. The van der Waals surface area contributed by atoms with E-state index < -0.39 is 10.0 Å². The number of hydrogen-bond donors (Lipinski definition) is 0. The summed E-state index contributed by atoms with van der Waals surface area (Å²) in [5, 5.41) is 9.02. The lowest BCUT2D eigenvalue weighted by Crippen LogP contribution is -2.26. The van der Waals surface area contributed by atoms with Crippen LogP contribution >= 0.6 is 11.3 Å². The van der Waals surface area contributed by atoms with E-state index in [0.717, 1.165) is 40.5 Å². The molecule has 9 heteroatoms. The van der Waals surface area contributed by atoms with Gasteiger partial charge in [0.15, 0.2) is 0 Å². The van der Waals surface area contributed by atoms with Crippen LogP contribution in [0, 0.1) is 5.92 Å². The van der Waals surface area contributed by atoms with Gasteiger partial charge in [-0.2, -0.15) is 13.5 Å². The van der Waals surface area contributed by atoms with Crippen molar-refractivity contribution in [3.63, 3.8) is 0 Å². The molecule has 45 heavy (non-hydrogen) atoms. The van der Waals surface area contributed by atoms with Crippen molar-refractivity contribution >= 4 is 32.8 Å². The van der Waals surface area contributed by atoms with Gasteiger partial charge in [-0.3, -0.25) is 14.6 Å². The summed E-state index contributed by atoms with van der Waals surface area (Å²) in [6, 6.07) is 40.7. The molecule has 0 bridgehead atoms. The maximum absolute atomic E-state index is 13.7. The second-order valence-corrected chi connectivity index (χ2v) is 13.4. The highest BCUT2D eigenvalue weighted by Gasteiger charge is 2.44. The largest absolute Gasteiger partial charge is 0.285 e. The molecule has 6 aromatic rings. The van der Waals surface area contributed by atoms with E-state index in [0.29, 0.717) is 4.80 Å². The molecule has 3 heterocycles.